The van der Waals surface area contributed by atoms with Gasteiger partial charge in [0.25, 0.3) is 5.70 Å². The van der Waals surface area contributed by atoms with Gasteiger partial charge in [-0.1, -0.05) is 84.9 Å². The Balaban J connectivity index is 1.28. The van der Waals surface area contributed by atoms with Crippen LogP contribution in [0.25, 0.3) is 33.2 Å². The number of carboxylic acid groups (broad SMARTS) is 1. The molecule has 5 aromatic carbocycles. The number of carboxylic acids is 1. The summed E-state index contributed by atoms with van der Waals surface area (Å²) in [5, 5.41) is 9.08. The minimum atomic E-state index is -1.23. The Labute approximate surface area is 245 Å². The third kappa shape index (κ3) is 4.48. The Bertz CT molecular complexity index is 1880. The van der Waals surface area contributed by atoms with Crippen LogP contribution in [0, 0.1) is 6.57 Å². The van der Waals surface area contributed by atoms with E-state index in [1.165, 1.54) is 50.6 Å². The maximum absolute atomic E-state index is 11.1. The molecule has 200 valence electrons. The van der Waals surface area contributed by atoms with Crippen molar-refractivity contribution in [1.82, 2.24) is 0 Å². The first kappa shape index (κ1) is 25.3. The average molecular weight is 543 g/mol. The van der Waals surface area contributed by atoms with Gasteiger partial charge >= 0.3 is 5.97 Å². The highest BCUT2D eigenvalue weighted by atomic mass is 16.4. The zero-order valence-corrected chi connectivity index (χ0v) is 22.8. The average Bonchev–Trinajstić information content (AvgIpc) is 3.57. The van der Waals surface area contributed by atoms with E-state index in [9.17, 15) is 4.79 Å². The van der Waals surface area contributed by atoms with Crippen molar-refractivity contribution in [2.24, 2.45) is 0 Å². The van der Waals surface area contributed by atoms with Crippen molar-refractivity contribution in [3.63, 3.8) is 0 Å². The van der Waals surface area contributed by atoms with Crippen molar-refractivity contribution in [3.8, 4) is 22.3 Å². The minimum absolute atomic E-state index is 0.313. The van der Waals surface area contributed by atoms with Gasteiger partial charge in [-0.3, -0.25) is 4.79 Å². The number of carbonyl (C=O) groups is 1. The Kier molecular flexibility index (Phi) is 6.26. The molecule has 2 aliphatic carbocycles. The topological polar surface area (TPSA) is 44.9 Å². The molecule has 42 heavy (non-hydrogen) atoms. The monoisotopic (exact) mass is 542 g/mol. The molecule has 7 rings (SSSR count). The molecular weight excluding hydrogens is 516 g/mol. The Morgan fingerprint density at radius 3 is 1.69 bits per heavy atom. The summed E-state index contributed by atoms with van der Waals surface area (Å²) in [5.41, 5.74) is 14.4. The van der Waals surface area contributed by atoms with E-state index in [1.807, 2.05) is 18.2 Å². The van der Waals surface area contributed by atoms with Gasteiger partial charge in [-0.25, -0.2) is 4.85 Å². The van der Waals surface area contributed by atoms with Gasteiger partial charge in [0.2, 0.25) is 0 Å². The van der Waals surface area contributed by atoms with E-state index in [1.54, 1.807) is 6.08 Å². The molecule has 0 aliphatic heterocycles. The number of hydrogen-bond acceptors (Lipinski definition) is 2. The summed E-state index contributed by atoms with van der Waals surface area (Å²) in [6.45, 7) is 7.02. The molecule has 0 saturated heterocycles. The number of anilines is 3. The van der Waals surface area contributed by atoms with Crippen LogP contribution in [0.2, 0.25) is 0 Å². The number of nitrogens with zero attached hydrogens (tertiary/aromatic N) is 2. The first-order chi connectivity index (χ1) is 20.6. The van der Waals surface area contributed by atoms with Crippen molar-refractivity contribution >= 4 is 29.1 Å². The molecular formula is C38H26N2O2. The van der Waals surface area contributed by atoms with Crippen LogP contribution < -0.4 is 4.90 Å². The third-order valence-corrected chi connectivity index (χ3v) is 8.10. The molecule has 4 nitrogen and oxygen atoms in total. The van der Waals surface area contributed by atoms with Crippen molar-refractivity contribution in [2.75, 3.05) is 4.90 Å². The van der Waals surface area contributed by atoms with Crippen LogP contribution in [0.15, 0.2) is 127 Å². The first-order valence-corrected chi connectivity index (χ1v) is 13.9. The van der Waals surface area contributed by atoms with Gasteiger partial charge in [-0.05, 0) is 105 Å². The molecule has 0 bridgehead atoms. The number of aliphatic carboxylic acids is 1. The molecule has 0 radical (unpaired) electrons. The Morgan fingerprint density at radius 1 is 0.667 bits per heavy atom. The van der Waals surface area contributed by atoms with Gasteiger partial charge in [0.05, 0.1) is 6.57 Å². The summed E-state index contributed by atoms with van der Waals surface area (Å²) >= 11 is 0. The molecule has 1 N–H and O–H groups in total. The van der Waals surface area contributed by atoms with Crippen molar-refractivity contribution in [3.05, 3.63) is 166 Å². The van der Waals surface area contributed by atoms with Crippen LogP contribution in [-0.4, -0.2) is 11.1 Å². The number of fused-ring (bicyclic) bond motifs is 6. The second-order valence-corrected chi connectivity index (χ2v) is 10.6. The molecule has 5 aromatic rings. The maximum Gasteiger partial charge on any atom is 0.333 e. The molecule has 0 amide bonds. The largest absolute Gasteiger partial charge is 0.486 e. The van der Waals surface area contributed by atoms with Crippen LogP contribution in [-0.2, 0) is 17.6 Å². The highest BCUT2D eigenvalue weighted by Crippen LogP contribution is 2.44. The lowest BCUT2D eigenvalue weighted by Crippen LogP contribution is -2.10. The highest BCUT2D eigenvalue weighted by molar-refractivity contribution is 5.89. The predicted molar refractivity (Wildman–Crippen MR) is 169 cm³/mol. The molecule has 0 atom stereocenters. The maximum atomic E-state index is 11.1. The van der Waals surface area contributed by atoms with E-state index in [0.29, 0.717) is 0 Å². The number of hydrogen-bond donors (Lipinski definition) is 1. The van der Waals surface area contributed by atoms with Crippen LogP contribution in [0.5, 0.6) is 0 Å². The number of benzene rings is 5. The quantitative estimate of drug-likeness (QED) is 0.129. The number of rotatable bonds is 6. The molecule has 4 heteroatoms. The highest BCUT2D eigenvalue weighted by Gasteiger charge is 2.23. The lowest BCUT2D eigenvalue weighted by atomic mass is 10.0. The van der Waals surface area contributed by atoms with Gasteiger partial charge in [0.1, 0.15) is 0 Å². The van der Waals surface area contributed by atoms with Crippen molar-refractivity contribution in [1.29, 1.82) is 0 Å². The SMILES string of the molecule is [C-]#[N+]/C(=C/C=C/c1ccc(N(c2ccc3c(c2)Cc2ccccc2-3)c2ccc3c(c2)Cc2ccccc2-3)cc1)C(=O)O. The van der Waals surface area contributed by atoms with Gasteiger partial charge in [-0.2, -0.15) is 0 Å². The zero-order chi connectivity index (χ0) is 28.6. The van der Waals surface area contributed by atoms with E-state index in [2.05, 4.69) is 107 Å². The van der Waals surface area contributed by atoms with E-state index < -0.39 is 5.97 Å². The van der Waals surface area contributed by atoms with Gasteiger partial charge in [0, 0.05) is 17.1 Å². The second-order valence-electron chi connectivity index (χ2n) is 10.6. The van der Waals surface area contributed by atoms with E-state index in [-0.39, 0.29) is 5.70 Å². The third-order valence-electron chi connectivity index (χ3n) is 8.10. The zero-order valence-electron chi connectivity index (χ0n) is 22.8. The van der Waals surface area contributed by atoms with E-state index in [4.69, 9.17) is 11.7 Å². The summed E-state index contributed by atoms with van der Waals surface area (Å²) in [6.07, 6.45) is 6.58. The summed E-state index contributed by atoms with van der Waals surface area (Å²) in [4.78, 5) is 16.5. The van der Waals surface area contributed by atoms with Gasteiger partial charge in [-0.15, -0.1) is 0 Å². The predicted octanol–water partition coefficient (Wildman–Crippen LogP) is 9.20. The fraction of sp³-hybridized carbons (Fsp3) is 0.0526. The fourth-order valence-corrected chi connectivity index (χ4v) is 6.13. The van der Waals surface area contributed by atoms with Crippen molar-refractivity contribution < 1.29 is 9.90 Å². The van der Waals surface area contributed by atoms with E-state index >= 15 is 0 Å². The fourth-order valence-electron chi connectivity index (χ4n) is 6.13. The smallest absolute Gasteiger partial charge is 0.333 e. The molecule has 0 heterocycles. The minimum Gasteiger partial charge on any atom is -0.486 e. The summed E-state index contributed by atoms with van der Waals surface area (Å²) in [6, 6.07) is 39.0. The van der Waals surface area contributed by atoms with Crippen LogP contribution in [0.4, 0.5) is 17.1 Å². The van der Waals surface area contributed by atoms with Crippen LogP contribution >= 0.6 is 0 Å². The Hall–Kier alpha value is -5.66. The van der Waals surface area contributed by atoms with Crippen LogP contribution in [0.3, 0.4) is 0 Å². The number of allylic oxidation sites excluding steroid dienone is 2. The lowest BCUT2D eigenvalue weighted by molar-refractivity contribution is -0.132. The summed E-state index contributed by atoms with van der Waals surface area (Å²) in [5.74, 6) is -1.23. The normalized spacial score (nSPS) is 12.8. The molecule has 0 aromatic heterocycles. The van der Waals surface area contributed by atoms with Crippen molar-refractivity contribution in [2.45, 2.75) is 12.8 Å². The molecule has 2 aliphatic rings. The van der Waals surface area contributed by atoms with Crippen LogP contribution in [0.1, 0.15) is 27.8 Å². The van der Waals surface area contributed by atoms with Gasteiger partial charge < -0.3 is 10.0 Å². The standard InChI is InChI=1S/C38H26N2O2/c1-39-37(38(41)42)12-6-7-25-13-15-30(16-14-25)40(31-17-19-35-28(23-31)21-26-8-2-4-10-33(26)35)32-18-20-36-29(24-32)22-27-9-3-5-11-34(27)36/h2-20,23-24H,21-22H2,(H,41,42)/b7-6+,37-12+. The molecule has 0 fully saturated rings. The Morgan fingerprint density at radius 2 is 1.17 bits per heavy atom. The van der Waals surface area contributed by atoms with Gasteiger partial charge in [0.15, 0.2) is 0 Å². The summed E-state index contributed by atoms with van der Waals surface area (Å²) in [7, 11) is 0. The molecule has 0 unspecified atom stereocenters. The lowest BCUT2D eigenvalue weighted by Gasteiger charge is -2.27. The second kappa shape index (κ2) is 10.4. The van der Waals surface area contributed by atoms with E-state index in [0.717, 1.165) is 35.5 Å². The molecule has 0 spiro atoms. The summed E-state index contributed by atoms with van der Waals surface area (Å²) < 4.78 is 0. The molecule has 0 saturated carbocycles. The first-order valence-electron chi connectivity index (χ1n) is 13.9.